The maximum absolute atomic E-state index is 11.0. The van der Waals surface area contributed by atoms with Crippen LogP contribution in [0, 0.1) is 24.2 Å². The highest BCUT2D eigenvalue weighted by molar-refractivity contribution is 5.87. The Morgan fingerprint density at radius 3 is 2.43 bits per heavy atom. The number of fused-ring (bicyclic) bond motifs is 1. The number of benzene rings is 2. The number of hydrogen-bond donors (Lipinski definition) is 1. The Kier molecular flexibility index (Phi) is 5.80. The van der Waals surface area contributed by atoms with Gasteiger partial charge in [-0.15, -0.1) is 0 Å². The second kappa shape index (κ2) is 8.22. The third-order valence-corrected chi connectivity index (χ3v) is 7.11. The van der Waals surface area contributed by atoms with Crippen LogP contribution in [0.2, 0.25) is 0 Å². The maximum Gasteiger partial charge on any atom is 0.309 e. The van der Waals surface area contributed by atoms with Crippen LogP contribution in [-0.2, 0) is 11.3 Å². The van der Waals surface area contributed by atoms with E-state index in [2.05, 4.69) is 62.9 Å². The fourth-order valence-electron chi connectivity index (χ4n) is 5.08. The summed E-state index contributed by atoms with van der Waals surface area (Å²) in [5.41, 5.74) is 2.87. The predicted molar refractivity (Wildman–Crippen MR) is 121 cm³/mol. The quantitative estimate of drug-likeness (QED) is 0.693. The van der Waals surface area contributed by atoms with Crippen LogP contribution >= 0.6 is 0 Å². The van der Waals surface area contributed by atoms with Crippen LogP contribution in [0.1, 0.15) is 57.6 Å². The van der Waals surface area contributed by atoms with Crippen LogP contribution in [0.4, 0.5) is 0 Å². The summed E-state index contributed by atoms with van der Waals surface area (Å²) >= 11 is 0. The summed E-state index contributed by atoms with van der Waals surface area (Å²) in [5, 5.41) is 11.5. The minimum absolute atomic E-state index is 0.203. The van der Waals surface area contributed by atoms with Gasteiger partial charge in [0.05, 0.1) is 12.0 Å². The monoisotopic (exact) mass is 409 g/mol. The van der Waals surface area contributed by atoms with Gasteiger partial charge >= 0.3 is 5.97 Å². The molecule has 1 heterocycles. The van der Waals surface area contributed by atoms with E-state index in [9.17, 15) is 4.79 Å². The molecule has 4 heteroatoms. The third-order valence-electron chi connectivity index (χ3n) is 7.11. The van der Waals surface area contributed by atoms with Crippen LogP contribution in [-0.4, -0.2) is 35.2 Å². The molecule has 0 unspecified atom stereocenters. The first-order chi connectivity index (χ1) is 14.2. The average Bonchev–Trinajstić information content (AvgIpc) is 2.64. The molecule has 0 aromatic heterocycles. The third kappa shape index (κ3) is 4.64. The second-order valence-corrected chi connectivity index (χ2v) is 10.5. The largest absolute Gasteiger partial charge is 0.490 e. The summed E-state index contributed by atoms with van der Waals surface area (Å²) < 4.78 is 6.40. The predicted octanol–water partition coefficient (Wildman–Crippen LogP) is 5.65. The van der Waals surface area contributed by atoms with Crippen molar-refractivity contribution < 1.29 is 14.6 Å². The molecule has 2 aliphatic rings. The Balaban J connectivity index is 1.40. The van der Waals surface area contributed by atoms with Crippen molar-refractivity contribution in [3.63, 3.8) is 0 Å². The Hall–Kier alpha value is -2.07. The molecule has 2 fully saturated rings. The summed E-state index contributed by atoms with van der Waals surface area (Å²) in [6.07, 6.45) is 5.12. The molecule has 1 aliphatic carbocycles. The average molecular weight is 410 g/mol. The molecule has 4 rings (SSSR count). The van der Waals surface area contributed by atoms with Crippen molar-refractivity contribution in [2.75, 3.05) is 13.1 Å². The first kappa shape index (κ1) is 21.2. The zero-order valence-corrected chi connectivity index (χ0v) is 18.8. The Morgan fingerprint density at radius 1 is 1.10 bits per heavy atom. The Labute approximate surface area is 180 Å². The summed E-state index contributed by atoms with van der Waals surface area (Å²) in [6, 6.07) is 10.9. The van der Waals surface area contributed by atoms with Crippen molar-refractivity contribution in [2.45, 2.75) is 66.0 Å². The molecule has 0 spiro atoms. The smallest absolute Gasteiger partial charge is 0.309 e. The van der Waals surface area contributed by atoms with Crippen LogP contribution < -0.4 is 4.74 Å². The number of hydrogen-bond acceptors (Lipinski definition) is 3. The fourth-order valence-corrected chi connectivity index (χ4v) is 5.08. The SMILES string of the molecule is Cc1cc(OC2CCC(C(C)(C)C)CC2)cc2ccc(CN3CC(C(=O)O)C3)cc12. The molecule has 0 amide bonds. The number of nitrogens with zero attached hydrogens (tertiary/aromatic N) is 1. The molecule has 1 saturated carbocycles. The minimum Gasteiger partial charge on any atom is -0.490 e. The van der Waals surface area contributed by atoms with E-state index in [1.807, 2.05) is 0 Å². The van der Waals surface area contributed by atoms with E-state index in [0.717, 1.165) is 31.1 Å². The van der Waals surface area contributed by atoms with E-state index >= 15 is 0 Å². The lowest BCUT2D eigenvalue weighted by Crippen LogP contribution is -2.49. The number of aliphatic carboxylic acids is 1. The molecular weight excluding hydrogens is 374 g/mol. The minimum atomic E-state index is -0.681. The van der Waals surface area contributed by atoms with Gasteiger partial charge in [0.2, 0.25) is 0 Å². The van der Waals surface area contributed by atoms with Gasteiger partial charge in [-0.05, 0) is 84.0 Å². The van der Waals surface area contributed by atoms with Crippen molar-refractivity contribution in [1.29, 1.82) is 0 Å². The van der Waals surface area contributed by atoms with Crippen LogP contribution in [0.25, 0.3) is 10.8 Å². The van der Waals surface area contributed by atoms with Crippen LogP contribution in [0.5, 0.6) is 5.75 Å². The lowest BCUT2D eigenvalue weighted by molar-refractivity contribution is -0.147. The molecular formula is C26H35NO3. The fraction of sp³-hybridized carbons (Fsp3) is 0.577. The van der Waals surface area contributed by atoms with Crippen molar-refractivity contribution in [3.05, 3.63) is 41.5 Å². The van der Waals surface area contributed by atoms with Gasteiger partial charge in [0.15, 0.2) is 0 Å². The van der Waals surface area contributed by atoms with E-state index in [-0.39, 0.29) is 5.92 Å². The zero-order valence-electron chi connectivity index (χ0n) is 18.8. The van der Waals surface area contributed by atoms with Crippen LogP contribution in [0.15, 0.2) is 30.3 Å². The molecule has 1 N–H and O–H groups in total. The number of likely N-dealkylation sites (tertiary alicyclic amines) is 1. The van der Waals surface area contributed by atoms with Gasteiger partial charge < -0.3 is 9.84 Å². The highest BCUT2D eigenvalue weighted by Gasteiger charge is 2.32. The summed E-state index contributed by atoms with van der Waals surface area (Å²) in [6.45, 7) is 11.3. The van der Waals surface area contributed by atoms with E-state index in [4.69, 9.17) is 9.84 Å². The van der Waals surface area contributed by atoms with Gasteiger partial charge in [-0.25, -0.2) is 0 Å². The number of aryl methyl sites for hydroxylation is 1. The molecule has 0 bridgehead atoms. The highest BCUT2D eigenvalue weighted by atomic mass is 16.5. The first-order valence-corrected chi connectivity index (χ1v) is 11.3. The normalized spacial score (nSPS) is 23.3. The molecule has 162 valence electrons. The molecule has 0 radical (unpaired) electrons. The van der Waals surface area contributed by atoms with E-state index in [0.29, 0.717) is 24.6 Å². The first-order valence-electron chi connectivity index (χ1n) is 11.3. The molecule has 2 aromatic rings. The van der Waals surface area contributed by atoms with E-state index < -0.39 is 5.97 Å². The number of carboxylic acid groups (broad SMARTS) is 1. The highest BCUT2D eigenvalue weighted by Crippen LogP contribution is 2.39. The van der Waals surface area contributed by atoms with E-state index in [1.54, 1.807) is 0 Å². The van der Waals surface area contributed by atoms with Crippen molar-refractivity contribution in [3.8, 4) is 5.75 Å². The van der Waals surface area contributed by atoms with Gasteiger partial charge in [-0.3, -0.25) is 9.69 Å². The van der Waals surface area contributed by atoms with Gasteiger partial charge in [-0.2, -0.15) is 0 Å². The summed E-state index contributed by atoms with van der Waals surface area (Å²) in [7, 11) is 0. The molecule has 0 atom stereocenters. The number of ether oxygens (including phenoxy) is 1. The zero-order chi connectivity index (χ0) is 21.5. The van der Waals surface area contributed by atoms with Gasteiger partial charge in [0.25, 0.3) is 0 Å². The van der Waals surface area contributed by atoms with Crippen molar-refractivity contribution in [2.24, 2.45) is 17.3 Å². The second-order valence-electron chi connectivity index (χ2n) is 10.5. The summed E-state index contributed by atoms with van der Waals surface area (Å²) in [5.74, 6) is 0.899. The Morgan fingerprint density at radius 2 is 1.80 bits per heavy atom. The topological polar surface area (TPSA) is 49.8 Å². The molecule has 1 aliphatic heterocycles. The lowest BCUT2D eigenvalue weighted by atomic mass is 9.72. The maximum atomic E-state index is 11.0. The standard InChI is InChI=1S/C26H35NO3/c1-17-11-23(30-22-9-7-21(8-10-22)26(2,3)4)13-19-6-5-18(12-24(17)19)14-27-15-20(16-27)25(28)29/h5-6,11-13,20-22H,7-10,14-16H2,1-4H3,(H,28,29). The Bertz CT molecular complexity index is 916. The van der Waals surface area contributed by atoms with Crippen molar-refractivity contribution in [1.82, 2.24) is 4.90 Å². The van der Waals surface area contributed by atoms with Gasteiger partial charge in [0.1, 0.15) is 5.75 Å². The number of carbonyl (C=O) groups is 1. The summed E-state index contributed by atoms with van der Waals surface area (Å²) in [4.78, 5) is 13.2. The lowest BCUT2D eigenvalue weighted by Gasteiger charge is -2.37. The van der Waals surface area contributed by atoms with Crippen molar-refractivity contribution >= 4 is 16.7 Å². The molecule has 30 heavy (non-hydrogen) atoms. The van der Waals surface area contributed by atoms with Crippen LogP contribution in [0.3, 0.4) is 0 Å². The van der Waals surface area contributed by atoms with Gasteiger partial charge in [-0.1, -0.05) is 32.9 Å². The molecule has 1 saturated heterocycles. The number of rotatable bonds is 5. The van der Waals surface area contributed by atoms with Gasteiger partial charge in [0, 0.05) is 19.6 Å². The number of carboxylic acids is 1. The molecule has 4 nitrogen and oxygen atoms in total. The molecule has 2 aromatic carbocycles. The van der Waals surface area contributed by atoms with E-state index in [1.165, 1.54) is 34.7 Å².